The number of rotatable bonds is 8. The predicted molar refractivity (Wildman–Crippen MR) is 208 cm³/mol. The summed E-state index contributed by atoms with van der Waals surface area (Å²) in [6, 6.07) is 21.3. The minimum Gasteiger partial charge on any atom is -0.457 e. The van der Waals surface area contributed by atoms with Crippen LogP contribution in [0.4, 0.5) is 10.5 Å². The van der Waals surface area contributed by atoms with Gasteiger partial charge >= 0.3 is 12.1 Å². The number of pyridine rings is 1. The number of carbonyl (C=O) groups excluding carboxylic acids is 4. The van der Waals surface area contributed by atoms with Gasteiger partial charge in [-0.3, -0.25) is 14.4 Å². The summed E-state index contributed by atoms with van der Waals surface area (Å²) in [5.41, 5.74) is 1.58. The van der Waals surface area contributed by atoms with E-state index in [1.807, 2.05) is 54.6 Å². The zero-order valence-electron chi connectivity index (χ0n) is 31.5. The van der Waals surface area contributed by atoms with Crippen LogP contribution >= 0.6 is 0 Å². The van der Waals surface area contributed by atoms with Crippen LogP contribution in [0.15, 0.2) is 96.2 Å². The Morgan fingerprint density at radius 3 is 2.35 bits per heavy atom. The SMILES string of the molecule is Cn1cc(C(=O)OCc2ccccc2)c(=O)c(-c2ccc(C3(C(=O)N4CCC[C@@H]4C(=O)Nc4cccc5c4cnn5C(=O)OC(C)(C)C)CCCC3)cc2)c1. The molecule has 1 saturated heterocycles. The molecule has 2 aromatic heterocycles. The average molecular weight is 744 g/mol. The van der Waals surface area contributed by atoms with Crippen molar-refractivity contribution in [2.75, 3.05) is 11.9 Å². The molecule has 55 heavy (non-hydrogen) atoms. The molecule has 0 unspecified atom stereocenters. The summed E-state index contributed by atoms with van der Waals surface area (Å²) >= 11 is 0. The molecule has 0 spiro atoms. The third-order valence-electron chi connectivity index (χ3n) is 10.5. The van der Waals surface area contributed by atoms with E-state index in [1.165, 1.54) is 17.1 Å². The maximum absolute atomic E-state index is 14.7. The Morgan fingerprint density at radius 2 is 1.64 bits per heavy atom. The topological polar surface area (TPSA) is 142 Å². The lowest BCUT2D eigenvalue weighted by molar-refractivity contribution is -0.141. The molecule has 1 N–H and O–H groups in total. The second kappa shape index (κ2) is 15.0. The van der Waals surface area contributed by atoms with Gasteiger partial charge in [0.15, 0.2) is 0 Å². The van der Waals surface area contributed by atoms with Crippen LogP contribution in [0.3, 0.4) is 0 Å². The van der Waals surface area contributed by atoms with Gasteiger partial charge in [0, 0.05) is 36.9 Å². The molecule has 2 aliphatic rings. The fraction of sp³-hybridized carbons (Fsp3) is 0.349. The highest BCUT2D eigenvalue weighted by atomic mass is 16.6. The van der Waals surface area contributed by atoms with E-state index in [9.17, 15) is 24.0 Å². The fourth-order valence-electron chi connectivity index (χ4n) is 7.82. The molecule has 5 aromatic rings. The lowest BCUT2D eigenvalue weighted by Gasteiger charge is -2.35. The molecule has 2 fully saturated rings. The van der Waals surface area contributed by atoms with Crippen molar-refractivity contribution in [2.24, 2.45) is 7.05 Å². The second-order valence-corrected chi connectivity index (χ2v) is 15.4. The molecule has 0 bridgehead atoms. The van der Waals surface area contributed by atoms with E-state index < -0.39 is 34.5 Å². The van der Waals surface area contributed by atoms with Crippen LogP contribution in [0, 0.1) is 0 Å². The van der Waals surface area contributed by atoms with E-state index >= 15 is 0 Å². The van der Waals surface area contributed by atoms with Crippen molar-refractivity contribution in [1.29, 1.82) is 0 Å². The summed E-state index contributed by atoms with van der Waals surface area (Å²) in [4.78, 5) is 69.7. The molecule has 12 heteroatoms. The van der Waals surface area contributed by atoms with Gasteiger partial charge in [-0.15, -0.1) is 0 Å². The molecule has 3 heterocycles. The Hall–Kier alpha value is -6.04. The number of hydrogen-bond acceptors (Lipinski definition) is 8. The predicted octanol–water partition coefficient (Wildman–Crippen LogP) is 6.98. The number of carbonyl (C=O) groups is 4. The number of anilines is 1. The van der Waals surface area contributed by atoms with E-state index in [2.05, 4.69) is 10.4 Å². The molecule has 3 aromatic carbocycles. The minimum absolute atomic E-state index is 0.0506. The first-order valence-electron chi connectivity index (χ1n) is 18.7. The number of nitrogens with one attached hydrogen (secondary N) is 1. The second-order valence-electron chi connectivity index (χ2n) is 15.4. The van der Waals surface area contributed by atoms with Crippen LogP contribution in [0.5, 0.6) is 0 Å². The lowest BCUT2D eigenvalue weighted by atomic mass is 9.77. The third-order valence-corrected chi connectivity index (χ3v) is 10.5. The maximum atomic E-state index is 14.7. The van der Waals surface area contributed by atoms with Crippen molar-refractivity contribution in [3.63, 3.8) is 0 Å². The smallest absolute Gasteiger partial charge is 0.435 e. The quantitative estimate of drug-likeness (QED) is 0.168. The largest absolute Gasteiger partial charge is 0.457 e. The highest BCUT2D eigenvalue weighted by Gasteiger charge is 2.48. The number of esters is 1. The molecule has 7 rings (SSSR count). The lowest BCUT2D eigenvalue weighted by Crippen LogP contribution is -2.51. The van der Waals surface area contributed by atoms with Crippen molar-refractivity contribution in [3.05, 3.63) is 118 Å². The number of benzene rings is 3. The first kappa shape index (κ1) is 37.3. The molecule has 0 radical (unpaired) electrons. The van der Waals surface area contributed by atoms with E-state index in [0.29, 0.717) is 59.9 Å². The van der Waals surface area contributed by atoms with Crippen molar-refractivity contribution in [1.82, 2.24) is 19.2 Å². The van der Waals surface area contributed by atoms with Gasteiger partial charge in [0.2, 0.25) is 17.2 Å². The van der Waals surface area contributed by atoms with Gasteiger partial charge in [-0.2, -0.15) is 9.78 Å². The summed E-state index contributed by atoms with van der Waals surface area (Å²) in [5, 5.41) is 7.83. The summed E-state index contributed by atoms with van der Waals surface area (Å²) in [5.74, 6) is -1.08. The Labute approximate surface area is 319 Å². The van der Waals surface area contributed by atoms with Crippen LogP contribution in [0.25, 0.3) is 22.0 Å². The molecule has 12 nitrogen and oxygen atoms in total. The van der Waals surface area contributed by atoms with Gasteiger partial charge in [0.25, 0.3) is 0 Å². The summed E-state index contributed by atoms with van der Waals surface area (Å²) < 4.78 is 13.8. The van der Waals surface area contributed by atoms with Gasteiger partial charge in [-0.25, -0.2) is 9.59 Å². The van der Waals surface area contributed by atoms with Crippen molar-refractivity contribution in [3.8, 4) is 11.1 Å². The van der Waals surface area contributed by atoms with Gasteiger partial charge in [0.05, 0.1) is 22.8 Å². The number of aryl methyl sites for hydroxylation is 1. The van der Waals surface area contributed by atoms with E-state index in [-0.39, 0.29) is 24.0 Å². The highest BCUT2D eigenvalue weighted by molar-refractivity contribution is 6.05. The zero-order chi connectivity index (χ0) is 38.9. The van der Waals surface area contributed by atoms with Crippen molar-refractivity contribution in [2.45, 2.75) is 83.0 Å². The van der Waals surface area contributed by atoms with Gasteiger partial charge < -0.3 is 24.3 Å². The number of likely N-dealkylation sites (tertiary alicyclic amines) is 1. The molecular formula is C43H45N5O7. The molecule has 284 valence electrons. The van der Waals surface area contributed by atoms with Crippen LogP contribution in [0.1, 0.15) is 80.8 Å². The Kier molecular flexibility index (Phi) is 10.2. The van der Waals surface area contributed by atoms with E-state index in [0.717, 1.165) is 24.0 Å². The number of amides is 2. The van der Waals surface area contributed by atoms with Crippen LogP contribution in [-0.2, 0) is 38.1 Å². The van der Waals surface area contributed by atoms with Crippen LogP contribution in [0.2, 0.25) is 0 Å². The number of ether oxygens (including phenoxy) is 2. The monoisotopic (exact) mass is 743 g/mol. The van der Waals surface area contributed by atoms with E-state index in [4.69, 9.17) is 9.47 Å². The Balaban J connectivity index is 1.10. The summed E-state index contributed by atoms with van der Waals surface area (Å²) in [6.45, 7) is 5.84. The van der Waals surface area contributed by atoms with Gasteiger partial charge in [0.1, 0.15) is 23.8 Å². The van der Waals surface area contributed by atoms with Crippen LogP contribution in [-0.4, -0.2) is 61.3 Å². The normalized spacial score (nSPS) is 16.6. The van der Waals surface area contributed by atoms with Crippen LogP contribution < -0.4 is 10.7 Å². The highest BCUT2D eigenvalue weighted by Crippen LogP contribution is 2.44. The van der Waals surface area contributed by atoms with Crippen molar-refractivity contribution < 1.29 is 28.7 Å². The zero-order valence-corrected chi connectivity index (χ0v) is 31.5. The molecular weight excluding hydrogens is 699 g/mol. The summed E-state index contributed by atoms with van der Waals surface area (Å²) in [7, 11) is 1.75. The average Bonchev–Trinajstić information content (AvgIpc) is 3.96. The third kappa shape index (κ3) is 7.53. The Morgan fingerprint density at radius 1 is 0.909 bits per heavy atom. The molecule has 1 aliphatic carbocycles. The molecule has 1 atom stereocenters. The number of aromatic nitrogens is 3. The van der Waals surface area contributed by atoms with E-state index in [1.54, 1.807) is 61.7 Å². The van der Waals surface area contributed by atoms with Crippen molar-refractivity contribution >= 4 is 40.5 Å². The molecule has 1 saturated carbocycles. The number of fused-ring (bicyclic) bond motifs is 1. The fourth-order valence-corrected chi connectivity index (χ4v) is 7.82. The first-order chi connectivity index (χ1) is 26.3. The summed E-state index contributed by atoms with van der Waals surface area (Å²) in [6.07, 6.45) is 8.29. The standard InChI is InChI=1S/C43H45N5O7/c1-42(2,3)55-41(53)48-35-15-10-14-34(31(35)24-44-48)45-38(50)36-16-11-23-47(36)40(52)43(21-8-9-22-43)30-19-17-29(18-20-30)32-25-46(4)26-33(37(32)49)39(51)54-27-28-12-6-5-7-13-28/h5-7,10,12-15,17-20,24-26,36H,8-9,11,16,21-23,27H2,1-4H3,(H,45,50)/t36-/m1/s1. The number of hydrogen-bond donors (Lipinski definition) is 1. The minimum atomic E-state index is -0.815. The van der Waals surface area contributed by atoms with Gasteiger partial charge in [-0.1, -0.05) is 73.5 Å². The number of nitrogens with zero attached hydrogens (tertiary/aromatic N) is 4. The molecule has 2 amide bonds. The molecule has 1 aliphatic heterocycles. The first-order valence-corrected chi connectivity index (χ1v) is 18.7. The Bertz CT molecular complexity index is 2320. The van der Waals surface area contributed by atoms with Gasteiger partial charge in [-0.05, 0) is 75.3 Å². The maximum Gasteiger partial charge on any atom is 0.435 e.